The lowest BCUT2D eigenvalue weighted by Crippen LogP contribution is -2.43. The fourth-order valence-corrected chi connectivity index (χ4v) is 3.14. The molecule has 0 aliphatic rings. The van der Waals surface area contributed by atoms with Crippen molar-refractivity contribution in [2.24, 2.45) is 0 Å². The van der Waals surface area contributed by atoms with Crippen LogP contribution in [0.3, 0.4) is 0 Å². The van der Waals surface area contributed by atoms with Gasteiger partial charge in [-0.2, -0.15) is 0 Å². The highest BCUT2D eigenvalue weighted by Gasteiger charge is 2.10. The van der Waals surface area contributed by atoms with E-state index < -0.39 is 11.8 Å². The number of rotatable bonds is 7. The Morgan fingerprint density at radius 3 is 2.33 bits per heavy atom. The predicted octanol–water partition coefficient (Wildman–Crippen LogP) is 4.52. The van der Waals surface area contributed by atoms with Crippen LogP contribution in [0.2, 0.25) is 5.02 Å². The first-order chi connectivity index (χ1) is 14.5. The van der Waals surface area contributed by atoms with Gasteiger partial charge in [-0.15, -0.1) is 0 Å². The molecule has 3 aromatic carbocycles. The molecule has 0 unspecified atom stereocenters. The first-order valence-corrected chi connectivity index (χ1v) is 10.1. The molecule has 0 radical (unpaired) electrons. The van der Waals surface area contributed by atoms with Crippen LogP contribution in [0.25, 0.3) is 0 Å². The third-order valence-corrected chi connectivity index (χ3v) is 4.72. The van der Waals surface area contributed by atoms with Gasteiger partial charge in [-0.05, 0) is 48.0 Å². The van der Waals surface area contributed by atoms with Crippen molar-refractivity contribution in [2.75, 3.05) is 6.61 Å². The summed E-state index contributed by atoms with van der Waals surface area (Å²) in [5.41, 5.74) is 6.06. The quantitative estimate of drug-likeness (QED) is 0.478. The number of carbonyl (C=O) groups excluding carboxylic acids is 2. The molecule has 0 spiro atoms. The average molecular weight is 490 g/mol. The summed E-state index contributed by atoms with van der Waals surface area (Å²) in [7, 11) is 0. The number of hydrogen-bond acceptors (Lipinski definition) is 4. The molecule has 2 N–H and O–H groups in total. The third-order valence-electron chi connectivity index (χ3n) is 3.93. The third kappa shape index (κ3) is 6.50. The van der Waals surface area contributed by atoms with Gasteiger partial charge in [-0.1, -0.05) is 57.9 Å². The molecule has 0 aliphatic heterocycles. The second-order valence-corrected chi connectivity index (χ2v) is 7.49. The molecule has 3 aromatic rings. The predicted molar refractivity (Wildman–Crippen MR) is 117 cm³/mol. The van der Waals surface area contributed by atoms with Gasteiger partial charge in [0.25, 0.3) is 11.8 Å². The molecule has 154 valence electrons. The van der Waals surface area contributed by atoms with Gasteiger partial charge in [-0.3, -0.25) is 20.4 Å². The minimum atomic E-state index is -0.523. The molecule has 0 atom stereocenters. The highest BCUT2D eigenvalue weighted by atomic mass is 79.9. The Labute approximate surface area is 187 Å². The molecule has 8 heteroatoms. The summed E-state index contributed by atoms with van der Waals surface area (Å²) < 4.78 is 11.8. The van der Waals surface area contributed by atoms with Crippen molar-refractivity contribution in [3.8, 4) is 11.5 Å². The molecule has 2 amide bonds. The number of hydrogen-bond donors (Lipinski definition) is 2. The van der Waals surface area contributed by atoms with Crippen molar-refractivity contribution >= 4 is 39.3 Å². The van der Waals surface area contributed by atoms with Crippen LogP contribution in [-0.2, 0) is 11.4 Å². The number of halogens is 2. The smallest absolute Gasteiger partial charge is 0.276 e. The SMILES string of the molecule is O=C(COc1ccc(Br)cc1Cl)NNC(=O)c1ccc(OCc2ccccc2)cc1. The highest BCUT2D eigenvalue weighted by molar-refractivity contribution is 9.10. The van der Waals surface area contributed by atoms with Crippen LogP contribution >= 0.6 is 27.5 Å². The molecule has 0 saturated carbocycles. The topological polar surface area (TPSA) is 76.7 Å². The lowest BCUT2D eigenvalue weighted by molar-refractivity contribution is -0.123. The zero-order valence-corrected chi connectivity index (χ0v) is 18.1. The molecule has 3 rings (SSSR count). The van der Waals surface area contributed by atoms with E-state index in [0.29, 0.717) is 28.7 Å². The minimum absolute atomic E-state index is 0.298. The molecule has 0 fully saturated rings. The van der Waals surface area contributed by atoms with E-state index >= 15 is 0 Å². The first kappa shape index (κ1) is 21.7. The Morgan fingerprint density at radius 2 is 1.63 bits per heavy atom. The Bertz CT molecular complexity index is 1010. The largest absolute Gasteiger partial charge is 0.489 e. The van der Waals surface area contributed by atoms with E-state index in [1.165, 1.54) is 0 Å². The number of carbonyl (C=O) groups is 2. The molecule has 0 bridgehead atoms. The van der Waals surface area contributed by atoms with Crippen molar-refractivity contribution < 1.29 is 19.1 Å². The van der Waals surface area contributed by atoms with Crippen molar-refractivity contribution in [3.63, 3.8) is 0 Å². The number of nitrogens with one attached hydrogen (secondary N) is 2. The Kier molecular flexibility index (Phi) is 7.70. The number of ether oxygens (including phenoxy) is 2. The minimum Gasteiger partial charge on any atom is -0.489 e. The summed E-state index contributed by atoms with van der Waals surface area (Å²) in [5, 5.41) is 0.371. The first-order valence-electron chi connectivity index (χ1n) is 8.95. The van der Waals surface area contributed by atoms with Crippen molar-refractivity contribution in [1.29, 1.82) is 0 Å². The van der Waals surface area contributed by atoms with Gasteiger partial charge >= 0.3 is 0 Å². The normalized spacial score (nSPS) is 10.2. The van der Waals surface area contributed by atoms with Crippen LogP contribution in [0.15, 0.2) is 77.3 Å². The molecule has 0 aliphatic carbocycles. The summed E-state index contributed by atoms with van der Waals surface area (Å²) in [5.74, 6) is 0.0245. The fraction of sp³-hybridized carbons (Fsp3) is 0.0909. The second-order valence-electron chi connectivity index (χ2n) is 6.16. The highest BCUT2D eigenvalue weighted by Crippen LogP contribution is 2.27. The van der Waals surface area contributed by atoms with Crippen LogP contribution in [-0.4, -0.2) is 18.4 Å². The van der Waals surface area contributed by atoms with E-state index in [1.807, 2.05) is 30.3 Å². The van der Waals surface area contributed by atoms with Gasteiger partial charge in [-0.25, -0.2) is 0 Å². The molecule has 6 nitrogen and oxygen atoms in total. The average Bonchev–Trinajstić information content (AvgIpc) is 2.76. The Hall–Kier alpha value is -3.03. The van der Waals surface area contributed by atoms with Gasteiger partial charge in [0.15, 0.2) is 6.61 Å². The lowest BCUT2D eigenvalue weighted by atomic mass is 10.2. The summed E-state index contributed by atoms with van der Waals surface area (Å²) in [6.07, 6.45) is 0. The number of benzene rings is 3. The zero-order valence-electron chi connectivity index (χ0n) is 15.7. The molecule has 0 aromatic heterocycles. The maximum Gasteiger partial charge on any atom is 0.276 e. The monoisotopic (exact) mass is 488 g/mol. The van der Waals surface area contributed by atoms with Crippen molar-refractivity contribution in [1.82, 2.24) is 10.9 Å². The van der Waals surface area contributed by atoms with E-state index in [2.05, 4.69) is 26.8 Å². The number of amides is 2. The molecular formula is C22H18BrClN2O4. The van der Waals surface area contributed by atoms with E-state index in [4.69, 9.17) is 21.1 Å². The van der Waals surface area contributed by atoms with Crippen molar-refractivity contribution in [3.05, 3.63) is 93.4 Å². The maximum atomic E-state index is 12.2. The Balaban J connectivity index is 1.43. The van der Waals surface area contributed by atoms with Gasteiger partial charge in [0.2, 0.25) is 0 Å². The lowest BCUT2D eigenvalue weighted by Gasteiger charge is -2.10. The maximum absolute atomic E-state index is 12.2. The van der Waals surface area contributed by atoms with Crippen LogP contribution < -0.4 is 20.3 Å². The molecule has 30 heavy (non-hydrogen) atoms. The Morgan fingerprint density at radius 1 is 0.900 bits per heavy atom. The van der Waals surface area contributed by atoms with E-state index in [0.717, 1.165) is 10.0 Å². The van der Waals surface area contributed by atoms with Gasteiger partial charge in [0.05, 0.1) is 5.02 Å². The molecular weight excluding hydrogens is 472 g/mol. The van der Waals surface area contributed by atoms with Gasteiger partial charge in [0, 0.05) is 10.0 Å². The molecule has 0 heterocycles. The summed E-state index contributed by atoms with van der Waals surface area (Å²) >= 11 is 9.31. The number of hydrazine groups is 1. The van der Waals surface area contributed by atoms with Crippen molar-refractivity contribution in [2.45, 2.75) is 6.61 Å². The summed E-state index contributed by atoms with van der Waals surface area (Å²) in [4.78, 5) is 24.1. The van der Waals surface area contributed by atoms with Crippen LogP contribution in [0, 0.1) is 0 Å². The van der Waals surface area contributed by atoms with Crippen LogP contribution in [0.4, 0.5) is 0 Å². The zero-order chi connectivity index (χ0) is 21.3. The standard InChI is InChI=1S/C22H18BrClN2O4/c23-17-8-11-20(19(24)12-17)30-14-21(27)25-26-22(28)16-6-9-18(10-7-16)29-13-15-4-2-1-3-5-15/h1-12H,13-14H2,(H,25,27)(H,26,28). The van der Waals surface area contributed by atoms with Gasteiger partial charge < -0.3 is 9.47 Å². The van der Waals surface area contributed by atoms with E-state index in [9.17, 15) is 9.59 Å². The van der Waals surface area contributed by atoms with Crippen LogP contribution in [0.1, 0.15) is 15.9 Å². The fourth-order valence-electron chi connectivity index (χ4n) is 2.41. The summed E-state index contributed by atoms with van der Waals surface area (Å²) in [6, 6.07) is 21.4. The summed E-state index contributed by atoms with van der Waals surface area (Å²) in [6.45, 7) is 0.138. The molecule has 0 saturated heterocycles. The van der Waals surface area contributed by atoms with Gasteiger partial charge in [0.1, 0.15) is 18.1 Å². The second kappa shape index (κ2) is 10.7. The van der Waals surface area contributed by atoms with Crippen LogP contribution in [0.5, 0.6) is 11.5 Å². The van der Waals surface area contributed by atoms with E-state index in [-0.39, 0.29) is 6.61 Å². The van der Waals surface area contributed by atoms with E-state index in [1.54, 1.807) is 42.5 Å².